The molecule has 2 N–H and O–H groups in total. The lowest BCUT2D eigenvalue weighted by Crippen LogP contribution is -2.10. The van der Waals surface area contributed by atoms with Crippen molar-refractivity contribution in [2.75, 3.05) is 5.73 Å². The van der Waals surface area contributed by atoms with Crippen LogP contribution in [0.25, 0.3) is 0 Å². The van der Waals surface area contributed by atoms with E-state index in [0.29, 0.717) is 6.20 Å². The lowest BCUT2D eigenvalue weighted by molar-refractivity contribution is -0.138. The molecule has 3 nitrogen and oxygen atoms in total. The van der Waals surface area contributed by atoms with E-state index in [1.807, 2.05) is 27.7 Å². The van der Waals surface area contributed by atoms with Gasteiger partial charge in [0.05, 0.1) is 11.3 Å². The Labute approximate surface area is 93.9 Å². The van der Waals surface area contributed by atoms with Crippen LogP contribution in [0, 0.1) is 6.92 Å². The average Bonchev–Trinajstić information content (AvgIpc) is 2.21. The van der Waals surface area contributed by atoms with Gasteiger partial charge in [-0.15, -0.1) is 0 Å². The molecular weight excluding hydrogens is 219 g/mol. The van der Waals surface area contributed by atoms with Crippen LogP contribution in [0.2, 0.25) is 0 Å². The van der Waals surface area contributed by atoms with Crippen molar-refractivity contribution in [2.45, 2.75) is 40.8 Å². The van der Waals surface area contributed by atoms with Crippen LogP contribution in [0.1, 0.15) is 39.0 Å². The Kier molecular flexibility index (Phi) is 8.43. The van der Waals surface area contributed by atoms with Gasteiger partial charge in [-0.25, -0.2) is 9.97 Å². The van der Waals surface area contributed by atoms with E-state index in [0.717, 1.165) is 0 Å². The van der Waals surface area contributed by atoms with Crippen molar-refractivity contribution < 1.29 is 13.2 Å². The van der Waals surface area contributed by atoms with E-state index in [4.69, 9.17) is 5.73 Å². The van der Waals surface area contributed by atoms with Gasteiger partial charge in [0, 0.05) is 6.20 Å². The van der Waals surface area contributed by atoms with Crippen LogP contribution >= 0.6 is 0 Å². The third-order valence-electron chi connectivity index (χ3n) is 1.30. The summed E-state index contributed by atoms with van der Waals surface area (Å²) in [5, 5.41) is 0. The molecule has 1 rings (SSSR count). The Hall–Kier alpha value is -1.33. The van der Waals surface area contributed by atoms with Gasteiger partial charge in [0.25, 0.3) is 0 Å². The number of anilines is 1. The van der Waals surface area contributed by atoms with Gasteiger partial charge < -0.3 is 5.73 Å². The zero-order valence-corrected chi connectivity index (χ0v) is 10.2. The summed E-state index contributed by atoms with van der Waals surface area (Å²) in [5.74, 6) is -0.152. The normalized spacial score (nSPS) is 9.50. The molecule has 0 aliphatic carbocycles. The maximum Gasteiger partial charge on any atom is 0.419 e. The van der Waals surface area contributed by atoms with E-state index in [1.165, 1.54) is 6.92 Å². The fourth-order valence-corrected chi connectivity index (χ4v) is 0.763. The van der Waals surface area contributed by atoms with Gasteiger partial charge in [-0.2, -0.15) is 13.2 Å². The molecule has 16 heavy (non-hydrogen) atoms. The third kappa shape index (κ3) is 5.53. The predicted octanol–water partition coefficient (Wildman–Crippen LogP) is 3.44. The second-order valence-corrected chi connectivity index (χ2v) is 2.23. The van der Waals surface area contributed by atoms with Crippen molar-refractivity contribution >= 4 is 5.95 Å². The predicted molar refractivity (Wildman–Crippen MR) is 58.9 cm³/mol. The molecule has 0 spiro atoms. The summed E-state index contributed by atoms with van der Waals surface area (Å²) in [7, 11) is 0. The second-order valence-electron chi connectivity index (χ2n) is 2.23. The van der Waals surface area contributed by atoms with Gasteiger partial charge in [0.15, 0.2) is 0 Å². The first-order chi connectivity index (χ1) is 7.41. The number of alkyl halides is 3. The topological polar surface area (TPSA) is 51.8 Å². The molecule has 0 amide bonds. The first-order valence-corrected chi connectivity index (χ1v) is 5.07. The molecule has 0 saturated carbocycles. The number of nitrogens with zero attached hydrogens (tertiary/aromatic N) is 2. The molecule has 6 heteroatoms. The minimum absolute atomic E-state index is 0.152. The molecule has 0 aliphatic heterocycles. The summed E-state index contributed by atoms with van der Waals surface area (Å²) in [6, 6.07) is 0. The Balaban J connectivity index is 0. The number of aryl methyl sites for hydroxylation is 1. The van der Waals surface area contributed by atoms with Gasteiger partial charge in [-0.1, -0.05) is 27.7 Å². The highest BCUT2D eigenvalue weighted by atomic mass is 19.4. The Bertz CT molecular complexity index is 298. The summed E-state index contributed by atoms with van der Waals surface area (Å²) >= 11 is 0. The molecule has 0 aliphatic rings. The number of rotatable bonds is 0. The third-order valence-corrected chi connectivity index (χ3v) is 1.30. The molecular formula is C10H18F3N3. The zero-order valence-electron chi connectivity index (χ0n) is 10.2. The monoisotopic (exact) mass is 237 g/mol. The molecule has 1 aromatic heterocycles. The number of halogens is 3. The highest BCUT2D eigenvalue weighted by Gasteiger charge is 2.33. The van der Waals surface area contributed by atoms with Crippen LogP contribution in [0.4, 0.5) is 19.1 Å². The summed E-state index contributed by atoms with van der Waals surface area (Å²) in [4.78, 5) is 6.64. The van der Waals surface area contributed by atoms with Gasteiger partial charge in [-0.3, -0.25) is 0 Å². The Morgan fingerprint density at radius 1 is 1.12 bits per heavy atom. The van der Waals surface area contributed by atoms with Crippen molar-refractivity contribution in [3.63, 3.8) is 0 Å². The molecule has 0 fully saturated rings. The smallest absolute Gasteiger partial charge is 0.368 e. The maximum absolute atomic E-state index is 12.1. The fraction of sp³-hybridized carbons (Fsp3) is 0.600. The van der Waals surface area contributed by atoms with Gasteiger partial charge in [0.2, 0.25) is 5.95 Å². The van der Waals surface area contributed by atoms with E-state index in [1.54, 1.807) is 0 Å². The molecule has 0 radical (unpaired) electrons. The van der Waals surface area contributed by atoms with Crippen LogP contribution in [0.15, 0.2) is 6.20 Å². The molecule has 0 atom stereocenters. The summed E-state index contributed by atoms with van der Waals surface area (Å²) in [5.41, 5.74) is 4.07. The first kappa shape index (κ1) is 17.1. The summed E-state index contributed by atoms with van der Waals surface area (Å²) in [6.45, 7) is 9.24. The molecule has 0 saturated heterocycles. The Morgan fingerprint density at radius 2 is 1.56 bits per heavy atom. The average molecular weight is 237 g/mol. The second kappa shape index (κ2) is 7.90. The van der Waals surface area contributed by atoms with Crippen molar-refractivity contribution in [1.82, 2.24) is 9.97 Å². The maximum atomic E-state index is 12.1. The number of nitrogen functional groups attached to an aromatic ring is 1. The standard InChI is InChI=1S/C6H6F3N3.2C2H6/c1-3-4(6(7,8)9)2-11-5(10)12-3;2*1-2/h2H,1H3,(H2,10,11,12);2*1-2H3. The van der Waals surface area contributed by atoms with Crippen molar-refractivity contribution in [2.24, 2.45) is 0 Å². The molecule has 1 heterocycles. The number of nitrogens with two attached hydrogens (primary N) is 1. The molecule has 0 aromatic carbocycles. The van der Waals surface area contributed by atoms with Crippen molar-refractivity contribution in [3.8, 4) is 0 Å². The van der Waals surface area contributed by atoms with Gasteiger partial charge >= 0.3 is 6.18 Å². The molecule has 0 bridgehead atoms. The number of hydrogen-bond acceptors (Lipinski definition) is 3. The lowest BCUT2D eigenvalue weighted by atomic mass is 10.2. The Morgan fingerprint density at radius 3 is 1.88 bits per heavy atom. The quantitative estimate of drug-likeness (QED) is 0.752. The minimum atomic E-state index is -4.40. The van der Waals surface area contributed by atoms with Gasteiger partial charge in [0.1, 0.15) is 0 Å². The van der Waals surface area contributed by atoms with Crippen LogP contribution in [0.3, 0.4) is 0 Å². The van der Waals surface area contributed by atoms with Crippen LogP contribution < -0.4 is 5.73 Å². The van der Waals surface area contributed by atoms with Gasteiger partial charge in [-0.05, 0) is 6.92 Å². The van der Waals surface area contributed by atoms with E-state index in [2.05, 4.69) is 9.97 Å². The highest BCUT2D eigenvalue weighted by molar-refractivity contribution is 5.26. The van der Waals surface area contributed by atoms with Crippen LogP contribution in [-0.2, 0) is 6.18 Å². The molecule has 1 aromatic rings. The summed E-state index contributed by atoms with van der Waals surface area (Å²) in [6.07, 6.45) is -3.73. The zero-order chi connectivity index (χ0) is 13.4. The minimum Gasteiger partial charge on any atom is -0.368 e. The van der Waals surface area contributed by atoms with E-state index >= 15 is 0 Å². The fourth-order valence-electron chi connectivity index (χ4n) is 0.763. The molecule has 94 valence electrons. The number of hydrogen-bond donors (Lipinski definition) is 1. The van der Waals surface area contributed by atoms with E-state index < -0.39 is 11.7 Å². The number of aromatic nitrogens is 2. The first-order valence-electron chi connectivity index (χ1n) is 5.07. The highest BCUT2D eigenvalue weighted by Crippen LogP contribution is 2.30. The summed E-state index contributed by atoms with van der Waals surface area (Å²) < 4.78 is 36.2. The SMILES string of the molecule is CC.CC.Cc1nc(N)ncc1C(F)(F)F. The van der Waals surface area contributed by atoms with Crippen LogP contribution in [-0.4, -0.2) is 9.97 Å². The largest absolute Gasteiger partial charge is 0.419 e. The van der Waals surface area contributed by atoms with Crippen molar-refractivity contribution in [3.05, 3.63) is 17.5 Å². The molecule has 0 unspecified atom stereocenters. The van der Waals surface area contributed by atoms with Crippen LogP contribution in [0.5, 0.6) is 0 Å². The van der Waals surface area contributed by atoms with E-state index in [-0.39, 0.29) is 11.6 Å². The van der Waals surface area contributed by atoms with Crippen molar-refractivity contribution in [1.29, 1.82) is 0 Å². The lowest BCUT2D eigenvalue weighted by Gasteiger charge is -2.07. The van der Waals surface area contributed by atoms with E-state index in [9.17, 15) is 13.2 Å².